The summed E-state index contributed by atoms with van der Waals surface area (Å²) in [6, 6.07) is 6.79. The number of nitrogens with zero attached hydrogens (tertiary/aromatic N) is 2. The second-order valence-electron chi connectivity index (χ2n) is 4.19. The zero-order chi connectivity index (χ0) is 15.1. The largest absolute Gasteiger partial charge is 0.480 e. The molecule has 7 nitrogen and oxygen atoms in total. The van der Waals surface area contributed by atoms with Crippen molar-refractivity contribution in [3.8, 4) is 6.07 Å². The summed E-state index contributed by atoms with van der Waals surface area (Å²) in [6.45, 7) is -0.460. The number of nitriles is 1. The molecule has 0 unspecified atom stereocenters. The van der Waals surface area contributed by atoms with E-state index in [0.717, 1.165) is 5.56 Å². The number of benzene rings is 1. The van der Waals surface area contributed by atoms with Crippen LogP contribution in [0.15, 0.2) is 24.3 Å². The van der Waals surface area contributed by atoms with Crippen LogP contribution in [-0.4, -0.2) is 46.8 Å². The van der Waals surface area contributed by atoms with Crippen LogP contribution in [0.25, 0.3) is 0 Å². The zero-order valence-corrected chi connectivity index (χ0v) is 10.9. The summed E-state index contributed by atoms with van der Waals surface area (Å²) in [5.41, 5.74) is 1.23. The van der Waals surface area contributed by atoms with Crippen LogP contribution in [0.4, 0.5) is 4.79 Å². The molecule has 0 spiro atoms. The number of hydrogen-bond acceptors (Lipinski definition) is 4. The number of amides is 2. The third kappa shape index (κ3) is 4.26. The molecule has 20 heavy (non-hydrogen) atoms. The lowest BCUT2D eigenvalue weighted by Crippen LogP contribution is -2.48. The highest BCUT2D eigenvalue weighted by Crippen LogP contribution is 2.07. The first-order chi connectivity index (χ1) is 9.47. The Morgan fingerprint density at radius 1 is 1.50 bits per heavy atom. The number of carbonyl (C=O) groups is 2. The average molecular weight is 277 g/mol. The van der Waals surface area contributed by atoms with Gasteiger partial charge in [0.15, 0.2) is 6.04 Å². The number of carboxylic acid groups (broad SMARTS) is 1. The van der Waals surface area contributed by atoms with Crippen molar-refractivity contribution in [3.63, 3.8) is 0 Å². The number of carbonyl (C=O) groups excluding carboxylic acids is 1. The Kier molecular flexibility index (Phi) is 5.50. The molecule has 1 aromatic rings. The standard InChI is InChI=1S/C13H15N3O4/c1-16(13(20)15-11(8-17)12(18)19)7-10-4-2-3-9(5-10)6-14/h2-5,11,17H,7-8H2,1H3,(H,15,20)(H,18,19)/t11-/m1/s1. The molecule has 0 aliphatic carbocycles. The Morgan fingerprint density at radius 3 is 2.75 bits per heavy atom. The molecule has 0 aliphatic rings. The molecule has 3 N–H and O–H groups in total. The first-order valence-corrected chi connectivity index (χ1v) is 5.82. The number of hydrogen-bond donors (Lipinski definition) is 3. The van der Waals surface area contributed by atoms with Gasteiger partial charge in [-0.1, -0.05) is 12.1 Å². The van der Waals surface area contributed by atoms with Gasteiger partial charge >= 0.3 is 12.0 Å². The number of aliphatic carboxylic acids is 1. The third-order valence-electron chi connectivity index (χ3n) is 2.60. The molecule has 0 saturated carbocycles. The van der Waals surface area contributed by atoms with Gasteiger partial charge in [-0.05, 0) is 17.7 Å². The molecule has 0 fully saturated rings. The molecule has 0 saturated heterocycles. The minimum Gasteiger partial charge on any atom is -0.480 e. The van der Waals surface area contributed by atoms with Crippen molar-refractivity contribution in [1.82, 2.24) is 10.2 Å². The van der Waals surface area contributed by atoms with Gasteiger partial charge in [0.05, 0.1) is 18.2 Å². The molecule has 0 bridgehead atoms. The molecule has 1 atom stereocenters. The van der Waals surface area contributed by atoms with Crippen LogP contribution in [0, 0.1) is 11.3 Å². The maximum absolute atomic E-state index is 11.8. The lowest BCUT2D eigenvalue weighted by atomic mass is 10.1. The number of urea groups is 1. The maximum Gasteiger partial charge on any atom is 0.328 e. The molecule has 2 amide bonds. The monoisotopic (exact) mass is 277 g/mol. The Bertz CT molecular complexity index is 539. The second-order valence-corrected chi connectivity index (χ2v) is 4.19. The van der Waals surface area contributed by atoms with E-state index in [-0.39, 0.29) is 6.54 Å². The molecule has 0 aliphatic heterocycles. The molecule has 106 valence electrons. The number of nitrogens with one attached hydrogen (secondary N) is 1. The van der Waals surface area contributed by atoms with Crippen LogP contribution in [0.2, 0.25) is 0 Å². The summed E-state index contributed by atoms with van der Waals surface area (Å²) in [7, 11) is 1.49. The highest BCUT2D eigenvalue weighted by Gasteiger charge is 2.20. The van der Waals surface area contributed by atoms with Gasteiger partial charge in [0.2, 0.25) is 0 Å². The molecule has 0 radical (unpaired) electrons. The zero-order valence-electron chi connectivity index (χ0n) is 10.9. The van der Waals surface area contributed by atoms with Crippen LogP contribution in [0.1, 0.15) is 11.1 Å². The Labute approximate surface area is 116 Å². The lowest BCUT2D eigenvalue weighted by Gasteiger charge is -2.20. The Hall–Kier alpha value is -2.59. The maximum atomic E-state index is 11.8. The summed E-state index contributed by atoms with van der Waals surface area (Å²) in [5, 5.41) is 28.5. The first kappa shape index (κ1) is 15.5. The molecule has 1 aromatic carbocycles. The van der Waals surface area contributed by atoms with Gasteiger partial charge < -0.3 is 20.4 Å². The minimum absolute atomic E-state index is 0.221. The molecular weight excluding hydrogens is 262 g/mol. The van der Waals surface area contributed by atoms with Gasteiger partial charge in [-0.25, -0.2) is 9.59 Å². The summed E-state index contributed by atoms with van der Waals surface area (Å²) < 4.78 is 0. The quantitative estimate of drug-likeness (QED) is 0.708. The predicted octanol–water partition coefficient (Wildman–Crippen LogP) is 0.145. The van der Waals surface area contributed by atoms with Crippen molar-refractivity contribution < 1.29 is 19.8 Å². The van der Waals surface area contributed by atoms with Crippen LogP contribution in [0.3, 0.4) is 0 Å². The highest BCUT2D eigenvalue weighted by molar-refractivity contribution is 5.82. The summed E-state index contributed by atoms with van der Waals surface area (Å²) in [4.78, 5) is 23.7. The van der Waals surface area contributed by atoms with Crippen molar-refractivity contribution in [2.45, 2.75) is 12.6 Å². The second kappa shape index (κ2) is 7.11. The van der Waals surface area contributed by atoms with Gasteiger partial charge in [0.25, 0.3) is 0 Å². The lowest BCUT2D eigenvalue weighted by molar-refractivity contribution is -0.140. The summed E-state index contributed by atoms with van der Waals surface area (Å²) in [6.07, 6.45) is 0. The smallest absolute Gasteiger partial charge is 0.328 e. The van der Waals surface area contributed by atoms with Gasteiger partial charge in [0.1, 0.15) is 0 Å². The average Bonchev–Trinajstić information content (AvgIpc) is 2.44. The van der Waals surface area contributed by atoms with E-state index in [2.05, 4.69) is 5.32 Å². The first-order valence-electron chi connectivity index (χ1n) is 5.82. The van der Waals surface area contributed by atoms with E-state index in [4.69, 9.17) is 15.5 Å². The van der Waals surface area contributed by atoms with E-state index in [1.165, 1.54) is 11.9 Å². The fraction of sp³-hybridized carbons (Fsp3) is 0.308. The van der Waals surface area contributed by atoms with Crippen LogP contribution in [-0.2, 0) is 11.3 Å². The van der Waals surface area contributed by atoms with E-state index in [0.29, 0.717) is 5.56 Å². The number of rotatable bonds is 5. The SMILES string of the molecule is CN(Cc1cccc(C#N)c1)C(=O)N[C@H](CO)C(=O)O. The van der Waals surface area contributed by atoms with E-state index >= 15 is 0 Å². The molecule has 1 rings (SSSR count). The summed E-state index contributed by atoms with van der Waals surface area (Å²) in [5.74, 6) is -1.30. The van der Waals surface area contributed by atoms with Crippen LogP contribution in [0.5, 0.6) is 0 Å². The Balaban J connectivity index is 2.66. The topological polar surface area (TPSA) is 114 Å². The van der Waals surface area contributed by atoms with Gasteiger partial charge in [-0.3, -0.25) is 0 Å². The highest BCUT2D eigenvalue weighted by atomic mass is 16.4. The fourth-order valence-electron chi connectivity index (χ4n) is 1.53. The predicted molar refractivity (Wildman–Crippen MR) is 69.7 cm³/mol. The molecular formula is C13H15N3O4. The number of aliphatic hydroxyl groups is 1. The van der Waals surface area contributed by atoms with Gasteiger partial charge in [-0.2, -0.15) is 5.26 Å². The summed E-state index contributed by atoms with van der Waals surface area (Å²) >= 11 is 0. The van der Waals surface area contributed by atoms with Crippen molar-refractivity contribution in [1.29, 1.82) is 5.26 Å². The van der Waals surface area contributed by atoms with E-state index in [1.54, 1.807) is 24.3 Å². The number of carboxylic acids is 1. The van der Waals surface area contributed by atoms with Crippen LogP contribution < -0.4 is 5.32 Å². The molecule has 7 heteroatoms. The number of aliphatic hydroxyl groups excluding tert-OH is 1. The van der Waals surface area contributed by atoms with E-state index in [1.807, 2.05) is 6.07 Å². The normalized spacial score (nSPS) is 11.2. The van der Waals surface area contributed by atoms with Gasteiger partial charge in [0, 0.05) is 13.6 Å². The van der Waals surface area contributed by atoms with Crippen molar-refractivity contribution in [3.05, 3.63) is 35.4 Å². The van der Waals surface area contributed by atoms with E-state index in [9.17, 15) is 9.59 Å². The van der Waals surface area contributed by atoms with E-state index < -0.39 is 24.6 Å². The Morgan fingerprint density at radius 2 is 2.20 bits per heavy atom. The van der Waals surface area contributed by atoms with Crippen molar-refractivity contribution >= 4 is 12.0 Å². The van der Waals surface area contributed by atoms with Crippen LogP contribution >= 0.6 is 0 Å². The van der Waals surface area contributed by atoms with Crippen molar-refractivity contribution in [2.75, 3.05) is 13.7 Å². The fourth-order valence-corrected chi connectivity index (χ4v) is 1.53. The van der Waals surface area contributed by atoms with Crippen molar-refractivity contribution in [2.24, 2.45) is 0 Å². The van der Waals surface area contributed by atoms with Gasteiger partial charge in [-0.15, -0.1) is 0 Å². The molecule has 0 aromatic heterocycles. The third-order valence-corrected chi connectivity index (χ3v) is 2.60. The molecule has 0 heterocycles. The minimum atomic E-state index is -1.34.